The second kappa shape index (κ2) is 6.90. The van der Waals surface area contributed by atoms with Crippen LogP contribution in [0.25, 0.3) is 0 Å². The van der Waals surface area contributed by atoms with Crippen molar-refractivity contribution >= 4 is 17.6 Å². The molecular formula is C21H23N3O2. The Bertz CT molecular complexity index is 821. The van der Waals surface area contributed by atoms with Crippen LogP contribution in [0.5, 0.6) is 0 Å². The van der Waals surface area contributed by atoms with Gasteiger partial charge in [-0.2, -0.15) is 0 Å². The summed E-state index contributed by atoms with van der Waals surface area (Å²) in [6, 6.07) is 15.3. The van der Waals surface area contributed by atoms with Crippen LogP contribution in [-0.4, -0.2) is 34.3 Å². The molecule has 0 spiro atoms. The summed E-state index contributed by atoms with van der Waals surface area (Å²) in [4.78, 5) is 31.7. The third-order valence-electron chi connectivity index (χ3n) is 5.31. The number of pyridine rings is 1. The van der Waals surface area contributed by atoms with Crippen molar-refractivity contribution in [1.29, 1.82) is 0 Å². The molecule has 2 heterocycles. The molecule has 1 N–H and O–H groups in total. The Hall–Kier alpha value is -2.69. The normalized spacial score (nSPS) is 24.3. The molecule has 3 atom stereocenters. The zero-order valence-corrected chi connectivity index (χ0v) is 14.9. The standard InChI is InChI=1S/C21H23N3O2/c1-14-7-5-11-19(22-14)23-20(25)18-10-6-12-24(18)21(26)17-13-16(17)15-8-3-2-4-9-15/h2-5,7-9,11,16-18H,6,10,12-13H2,1H3,(H,22,23,25)/t16-,17+,18-/m0/s1. The predicted octanol–water partition coefficient (Wildman–Crippen LogP) is 3.12. The molecule has 0 radical (unpaired) electrons. The molecule has 26 heavy (non-hydrogen) atoms. The van der Waals surface area contributed by atoms with Gasteiger partial charge in [0.15, 0.2) is 0 Å². The summed E-state index contributed by atoms with van der Waals surface area (Å²) in [5, 5.41) is 2.87. The lowest BCUT2D eigenvalue weighted by atomic mass is 10.1. The van der Waals surface area contributed by atoms with Crippen molar-refractivity contribution < 1.29 is 9.59 Å². The van der Waals surface area contributed by atoms with Crippen LogP contribution in [0.2, 0.25) is 0 Å². The van der Waals surface area contributed by atoms with Crippen molar-refractivity contribution in [3.8, 4) is 0 Å². The highest BCUT2D eigenvalue weighted by molar-refractivity contribution is 5.97. The van der Waals surface area contributed by atoms with Gasteiger partial charge in [0, 0.05) is 18.2 Å². The number of anilines is 1. The molecule has 134 valence electrons. The summed E-state index contributed by atoms with van der Waals surface area (Å²) in [6.07, 6.45) is 2.47. The lowest BCUT2D eigenvalue weighted by Crippen LogP contribution is -2.44. The average molecular weight is 349 g/mol. The van der Waals surface area contributed by atoms with Gasteiger partial charge in [-0.1, -0.05) is 36.4 Å². The van der Waals surface area contributed by atoms with E-state index in [2.05, 4.69) is 22.4 Å². The first kappa shape index (κ1) is 16.8. The van der Waals surface area contributed by atoms with Gasteiger partial charge in [-0.3, -0.25) is 9.59 Å². The Morgan fingerprint density at radius 3 is 2.69 bits per heavy atom. The number of nitrogens with zero attached hydrogens (tertiary/aromatic N) is 2. The van der Waals surface area contributed by atoms with Crippen molar-refractivity contribution in [3.63, 3.8) is 0 Å². The molecule has 0 unspecified atom stereocenters. The number of aromatic nitrogens is 1. The van der Waals surface area contributed by atoms with Gasteiger partial charge in [-0.25, -0.2) is 4.98 Å². The Morgan fingerprint density at radius 1 is 1.12 bits per heavy atom. The SMILES string of the molecule is Cc1cccc(NC(=O)[C@@H]2CCCN2C(=O)[C@@H]2C[C@H]2c2ccccc2)n1. The van der Waals surface area contributed by atoms with Crippen molar-refractivity contribution in [3.05, 3.63) is 59.8 Å². The quantitative estimate of drug-likeness (QED) is 0.922. The van der Waals surface area contributed by atoms with E-state index >= 15 is 0 Å². The number of amides is 2. The van der Waals surface area contributed by atoms with Gasteiger partial charge in [0.1, 0.15) is 11.9 Å². The first-order valence-electron chi connectivity index (χ1n) is 9.23. The van der Waals surface area contributed by atoms with Crippen LogP contribution in [0, 0.1) is 12.8 Å². The van der Waals surface area contributed by atoms with Gasteiger partial charge in [-0.15, -0.1) is 0 Å². The maximum atomic E-state index is 12.9. The van der Waals surface area contributed by atoms with Gasteiger partial charge in [0.05, 0.1) is 0 Å². The molecule has 0 bridgehead atoms. The lowest BCUT2D eigenvalue weighted by molar-refractivity contribution is -0.137. The maximum absolute atomic E-state index is 12.9. The summed E-state index contributed by atoms with van der Waals surface area (Å²) in [5.74, 6) is 0.844. The van der Waals surface area contributed by atoms with Crippen molar-refractivity contribution in [2.45, 2.75) is 38.1 Å². The number of hydrogen-bond donors (Lipinski definition) is 1. The molecule has 1 saturated heterocycles. The second-order valence-corrected chi connectivity index (χ2v) is 7.20. The molecule has 1 saturated carbocycles. The van der Waals surface area contributed by atoms with Crippen LogP contribution in [-0.2, 0) is 9.59 Å². The smallest absolute Gasteiger partial charge is 0.248 e. The maximum Gasteiger partial charge on any atom is 0.248 e. The highest BCUT2D eigenvalue weighted by Gasteiger charge is 2.48. The first-order valence-corrected chi connectivity index (χ1v) is 9.23. The number of carbonyl (C=O) groups excluding carboxylic acids is 2. The second-order valence-electron chi connectivity index (χ2n) is 7.20. The zero-order chi connectivity index (χ0) is 18.1. The molecular weight excluding hydrogens is 326 g/mol. The molecule has 2 fully saturated rings. The number of benzene rings is 1. The molecule has 1 aromatic carbocycles. The Kier molecular flexibility index (Phi) is 4.45. The molecule has 2 aliphatic rings. The van der Waals surface area contributed by atoms with Crippen LogP contribution >= 0.6 is 0 Å². The van der Waals surface area contributed by atoms with Crippen LogP contribution in [0.1, 0.15) is 36.4 Å². The Morgan fingerprint density at radius 2 is 1.92 bits per heavy atom. The number of nitrogens with one attached hydrogen (secondary N) is 1. The summed E-state index contributed by atoms with van der Waals surface area (Å²) < 4.78 is 0. The Balaban J connectivity index is 1.42. The number of hydrogen-bond acceptors (Lipinski definition) is 3. The van der Waals surface area contributed by atoms with Crippen LogP contribution in [0.15, 0.2) is 48.5 Å². The molecule has 4 rings (SSSR count). The van der Waals surface area contributed by atoms with Crippen LogP contribution in [0.3, 0.4) is 0 Å². The molecule has 5 heteroatoms. The number of carbonyl (C=O) groups is 2. The van der Waals surface area contributed by atoms with Gasteiger partial charge in [0.2, 0.25) is 11.8 Å². The monoisotopic (exact) mass is 349 g/mol. The molecule has 2 amide bonds. The van der Waals surface area contributed by atoms with E-state index in [0.717, 1.165) is 18.5 Å². The first-order chi connectivity index (χ1) is 12.6. The number of aryl methyl sites for hydroxylation is 1. The van der Waals surface area contributed by atoms with Crippen molar-refractivity contribution in [2.24, 2.45) is 5.92 Å². The van der Waals surface area contributed by atoms with E-state index < -0.39 is 0 Å². The van der Waals surface area contributed by atoms with E-state index in [-0.39, 0.29) is 23.8 Å². The molecule has 2 aromatic rings. The largest absolute Gasteiger partial charge is 0.330 e. The summed E-state index contributed by atoms with van der Waals surface area (Å²) in [5.41, 5.74) is 2.07. The number of rotatable bonds is 4. The van der Waals surface area contributed by atoms with Crippen molar-refractivity contribution in [2.75, 3.05) is 11.9 Å². The molecule has 1 aromatic heterocycles. The third-order valence-corrected chi connectivity index (χ3v) is 5.31. The van der Waals surface area contributed by atoms with Crippen LogP contribution in [0.4, 0.5) is 5.82 Å². The predicted molar refractivity (Wildman–Crippen MR) is 99.6 cm³/mol. The van der Waals surface area contributed by atoms with Crippen molar-refractivity contribution in [1.82, 2.24) is 9.88 Å². The van der Waals surface area contributed by atoms with Gasteiger partial charge in [-0.05, 0) is 49.8 Å². The van der Waals surface area contributed by atoms with E-state index in [9.17, 15) is 9.59 Å². The summed E-state index contributed by atoms with van der Waals surface area (Å²) in [6.45, 7) is 2.55. The molecule has 1 aliphatic heterocycles. The summed E-state index contributed by atoms with van der Waals surface area (Å²) in [7, 11) is 0. The fourth-order valence-electron chi connectivity index (χ4n) is 3.87. The molecule has 1 aliphatic carbocycles. The highest BCUT2D eigenvalue weighted by Crippen LogP contribution is 2.49. The third kappa shape index (κ3) is 3.34. The highest BCUT2D eigenvalue weighted by atomic mass is 16.2. The fraction of sp³-hybridized carbons (Fsp3) is 0.381. The summed E-state index contributed by atoms with van der Waals surface area (Å²) >= 11 is 0. The minimum atomic E-state index is -0.387. The fourth-order valence-corrected chi connectivity index (χ4v) is 3.87. The topological polar surface area (TPSA) is 62.3 Å². The minimum Gasteiger partial charge on any atom is -0.330 e. The van der Waals surface area contributed by atoms with E-state index in [0.29, 0.717) is 24.7 Å². The van der Waals surface area contributed by atoms with Gasteiger partial charge >= 0.3 is 0 Å². The van der Waals surface area contributed by atoms with Gasteiger partial charge in [0.25, 0.3) is 0 Å². The minimum absolute atomic E-state index is 0.0166. The molecule has 5 nitrogen and oxygen atoms in total. The number of likely N-dealkylation sites (tertiary alicyclic amines) is 1. The van der Waals surface area contributed by atoms with E-state index in [1.54, 1.807) is 11.0 Å². The van der Waals surface area contributed by atoms with E-state index in [1.807, 2.05) is 37.3 Å². The van der Waals surface area contributed by atoms with Gasteiger partial charge < -0.3 is 10.2 Å². The average Bonchev–Trinajstić information content (AvgIpc) is 3.29. The van der Waals surface area contributed by atoms with Crippen LogP contribution < -0.4 is 5.32 Å². The zero-order valence-electron chi connectivity index (χ0n) is 14.9. The lowest BCUT2D eigenvalue weighted by Gasteiger charge is -2.24. The van der Waals surface area contributed by atoms with E-state index in [4.69, 9.17) is 0 Å². The Labute approximate surface area is 153 Å². The van der Waals surface area contributed by atoms with E-state index in [1.165, 1.54) is 5.56 Å².